The van der Waals surface area contributed by atoms with Gasteiger partial charge in [0, 0.05) is 12.1 Å². The van der Waals surface area contributed by atoms with Crippen LogP contribution >= 0.6 is 0 Å². The number of nitrogens with one attached hydrogen (secondary N) is 3. The number of aryl methyl sites for hydroxylation is 2. The van der Waals surface area contributed by atoms with Crippen molar-refractivity contribution in [3.05, 3.63) is 76.5 Å². The Labute approximate surface area is 169 Å². The minimum atomic E-state index is -3.64. The van der Waals surface area contributed by atoms with Crippen molar-refractivity contribution >= 4 is 21.6 Å². The van der Waals surface area contributed by atoms with E-state index in [2.05, 4.69) is 20.8 Å². The van der Waals surface area contributed by atoms with Gasteiger partial charge in [0.05, 0.1) is 17.0 Å². The van der Waals surface area contributed by atoms with Crippen LogP contribution in [0.2, 0.25) is 0 Å². The molecule has 1 aromatic heterocycles. The van der Waals surface area contributed by atoms with Crippen LogP contribution in [0.3, 0.4) is 0 Å². The molecule has 0 saturated heterocycles. The fourth-order valence-electron chi connectivity index (χ4n) is 3.55. The van der Waals surface area contributed by atoms with Crippen molar-refractivity contribution in [2.45, 2.75) is 37.1 Å². The van der Waals surface area contributed by atoms with E-state index in [1.54, 1.807) is 18.2 Å². The molecule has 1 aliphatic rings. The molecule has 8 heteroatoms. The fraction of sp³-hybridized carbons (Fsp3) is 0.238. The molecule has 150 valence electrons. The third kappa shape index (κ3) is 3.81. The van der Waals surface area contributed by atoms with Crippen LogP contribution in [0.15, 0.2) is 53.4 Å². The zero-order chi connectivity index (χ0) is 20.6. The maximum absolute atomic E-state index is 13.1. The van der Waals surface area contributed by atoms with Crippen LogP contribution < -0.4 is 10.6 Å². The largest absolute Gasteiger partial charge is 0.309 e. The Morgan fingerprint density at radius 3 is 2.59 bits per heavy atom. The molecule has 2 aromatic carbocycles. The lowest BCUT2D eigenvalue weighted by molar-refractivity contribution is -0.115. The molecule has 1 aliphatic heterocycles. The highest BCUT2D eigenvalue weighted by Gasteiger charge is 2.38. The van der Waals surface area contributed by atoms with Crippen molar-refractivity contribution in [1.82, 2.24) is 15.5 Å². The summed E-state index contributed by atoms with van der Waals surface area (Å²) >= 11 is 0. The molecule has 4 rings (SSSR count). The number of benzene rings is 2. The van der Waals surface area contributed by atoms with Gasteiger partial charge in [-0.15, -0.1) is 0 Å². The van der Waals surface area contributed by atoms with Gasteiger partial charge < -0.3 is 5.32 Å². The molecule has 0 fully saturated rings. The first-order valence-corrected chi connectivity index (χ1v) is 10.9. The third-order valence-electron chi connectivity index (χ3n) is 4.96. The minimum Gasteiger partial charge on any atom is -0.309 e. The van der Waals surface area contributed by atoms with Crippen LogP contribution in [-0.2, 0) is 27.6 Å². The predicted molar refractivity (Wildman–Crippen MR) is 110 cm³/mol. The zero-order valence-electron chi connectivity index (χ0n) is 16.2. The lowest BCUT2D eigenvalue weighted by Crippen LogP contribution is -2.23. The number of aromatic amines is 1. The summed E-state index contributed by atoms with van der Waals surface area (Å²) in [4.78, 5) is 12.7. The first kappa shape index (κ1) is 19.4. The second-order valence-electron chi connectivity index (χ2n) is 7.30. The van der Waals surface area contributed by atoms with Gasteiger partial charge in [0.25, 0.3) is 0 Å². The van der Waals surface area contributed by atoms with Gasteiger partial charge in [0.15, 0.2) is 21.0 Å². The number of hydrogen-bond donors (Lipinski definition) is 3. The molecular weight excluding hydrogens is 388 g/mol. The van der Waals surface area contributed by atoms with Crippen molar-refractivity contribution < 1.29 is 13.2 Å². The van der Waals surface area contributed by atoms with Gasteiger partial charge in [-0.25, -0.2) is 8.42 Å². The Bertz CT molecular complexity index is 1180. The maximum atomic E-state index is 13.1. The molecule has 0 saturated carbocycles. The fourth-order valence-corrected chi connectivity index (χ4v) is 5.25. The number of fused-ring (bicyclic) bond motifs is 1. The molecule has 1 amide bonds. The normalized spacial score (nSPS) is 15.9. The van der Waals surface area contributed by atoms with Gasteiger partial charge in [0.2, 0.25) is 5.91 Å². The van der Waals surface area contributed by atoms with Crippen LogP contribution in [0.5, 0.6) is 0 Å². The molecule has 2 heterocycles. The first-order valence-electron chi connectivity index (χ1n) is 9.31. The van der Waals surface area contributed by atoms with Gasteiger partial charge in [0.1, 0.15) is 0 Å². The average Bonchev–Trinajstić information content (AvgIpc) is 3.25. The summed E-state index contributed by atoms with van der Waals surface area (Å²) in [5, 5.41) is 11.8. The number of carbonyl (C=O) groups is 1. The predicted octanol–water partition coefficient (Wildman–Crippen LogP) is 2.78. The number of sulfone groups is 1. The van der Waals surface area contributed by atoms with E-state index >= 15 is 0 Å². The summed E-state index contributed by atoms with van der Waals surface area (Å²) in [6.07, 6.45) is 0.224. The molecule has 0 spiro atoms. The number of anilines is 1. The van der Waals surface area contributed by atoms with E-state index in [-0.39, 0.29) is 17.2 Å². The highest BCUT2D eigenvalue weighted by molar-refractivity contribution is 7.91. The van der Waals surface area contributed by atoms with E-state index in [0.717, 1.165) is 16.7 Å². The molecule has 0 bridgehead atoms. The highest BCUT2D eigenvalue weighted by atomic mass is 32.2. The number of hydrogen-bond acceptors (Lipinski definition) is 5. The molecule has 1 unspecified atom stereocenters. The van der Waals surface area contributed by atoms with E-state index in [1.807, 2.05) is 44.2 Å². The molecule has 7 nitrogen and oxygen atoms in total. The first-order chi connectivity index (χ1) is 13.8. The molecular formula is C21H22N4O3S. The summed E-state index contributed by atoms with van der Waals surface area (Å²) in [7, 11) is -3.64. The standard InChI is InChI=1S/C21H22N4O3S/c1-13-5-3-7-15(9-13)11-18(26)23-20-17-12-22-21(19(17)24-25-20)29(27,28)16-8-4-6-14(2)10-16/h3-10,21-22H,11-12H2,1-2H3,(H2,23,24,25,26). The Kier molecular flexibility index (Phi) is 4.97. The smallest absolute Gasteiger partial charge is 0.230 e. The quantitative estimate of drug-likeness (QED) is 0.600. The minimum absolute atomic E-state index is 0.199. The zero-order valence-corrected chi connectivity index (χ0v) is 17.0. The van der Waals surface area contributed by atoms with Crippen LogP contribution in [0.25, 0.3) is 0 Å². The van der Waals surface area contributed by atoms with Crippen molar-refractivity contribution in [1.29, 1.82) is 0 Å². The van der Waals surface area contributed by atoms with Crippen molar-refractivity contribution in [3.8, 4) is 0 Å². The number of H-pyrrole nitrogens is 1. The van der Waals surface area contributed by atoms with Crippen molar-refractivity contribution in [2.24, 2.45) is 0 Å². The van der Waals surface area contributed by atoms with E-state index < -0.39 is 15.2 Å². The average molecular weight is 410 g/mol. The van der Waals surface area contributed by atoms with E-state index in [1.165, 1.54) is 0 Å². The lowest BCUT2D eigenvalue weighted by atomic mass is 10.1. The van der Waals surface area contributed by atoms with E-state index in [9.17, 15) is 13.2 Å². The van der Waals surface area contributed by atoms with Crippen LogP contribution in [0.1, 0.15) is 33.3 Å². The number of carbonyl (C=O) groups excluding carboxylic acids is 1. The van der Waals surface area contributed by atoms with Gasteiger partial charge in [-0.05, 0) is 37.1 Å². The Morgan fingerprint density at radius 2 is 1.86 bits per heavy atom. The summed E-state index contributed by atoms with van der Waals surface area (Å²) in [5.41, 5.74) is 4.01. The monoisotopic (exact) mass is 410 g/mol. The van der Waals surface area contributed by atoms with Crippen molar-refractivity contribution in [3.63, 3.8) is 0 Å². The molecule has 0 aliphatic carbocycles. The topological polar surface area (TPSA) is 104 Å². The maximum Gasteiger partial charge on any atom is 0.230 e. The summed E-state index contributed by atoms with van der Waals surface area (Å²) < 4.78 is 26.1. The molecule has 3 N–H and O–H groups in total. The number of aromatic nitrogens is 2. The Balaban J connectivity index is 1.54. The molecule has 0 radical (unpaired) electrons. The van der Waals surface area contributed by atoms with Gasteiger partial charge in [-0.3, -0.25) is 15.2 Å². The SMILES string of the molecule is Cc1cccc(CC(=O)Nc2n[nH]c3c2CNC3S(=O)(=O)c2cccc(C)c2)c1. The highest BCUT2D eigenvalue weighted by Crippen LogP contribution is 2.35. The van der Waals surface area contributed by atoms with E-state index in [0.29, 0.717) is 23.6 Å². The molecule has 3 aromatic rings. The van der Waals surface area contributed by atoms with Crippen LogP contribution in [0.4, 0.5) is 5.82 Å². The van der Waals surface area contributed by atoms with Crippen LogP contribution in [-0.4, -0.2) is 24.5 Å². The third-order valence-corrected chi connectivity index (χ3v) is 6.89. The molecule has 29 heavy (non-hydrogen) atoms. The summed E-state index contributed by atoms with van der Waals surface area (Å²) in [5.74, 6) is 0.169. The summed E-state index contributed by atoms with van der Waals surface area (Å²) in [6.45, 7) is 4.13. The van der Waals surface area contributed by atoms with Gasteiger partial charge in [-0.1, -0.05) is 42.0 Å². The Morgan fingerprint density at radius 1 is 1.14 bits per heavy atom. The van der Waals surface area contributed by atoms with Crippen LogP contribution in [0, 0.1) is 13.8 Å². The molecule has 1 atom stereocenters. The van der Waals surface area contributed by atoms with Gasteiger partial charge >= 0.3 is 0 Å². The van der Waals surface area contributed by atoms with Crippen molar-refractivity contribution in [2.75, 3.05) is 5.32 Å². The van der Waals surface area contributed by atoms with E-state index in [4.69, 9.17) is 0 Å². The van der Waals surface area contributed by atoms with Gasteiger partial charge in [-0.2, -0.15) is 5.10 Å². The lowest BCUT2D eigenvalue weighted by Gasteiger charge is -2.12. The second kappa shape index (κ2) is 7.46. The number of amides is 1. The second-order valence-corrected chi connectivity index (χ2v) is 9.33. The summed E-state index contributed by atoms with van der Waals surface area (Å²) in [6, 6.07) is 14.6. The number of rotatable bonds is 5. The Hall–Kier alpha value is -2.97. The number of nitrogens with zero attached hydrogens (tertiary/aromatic N) is 1.